The summed E-state index contributed by atoms with van der Waals surface area (Å²) in [6.45, 7) is 2.98. The molecule has 6 heteroatoms. The van der Waals surface area contributed by atoms with Gasteiger partial charge in [-0.3, -0.25) is 0 Å². The van der Waals surface area contributed by atoms with Crippen LogP contribution in [0.5, 0.6) is 0 Å². The molecular formula is C5H12N2O3S. The fraction of sp³-hybridized carbons (Fsp3) is 1.00. The minimum atomic E-state index is -3.79. The third-order valence-electron chi connectivity index (χ3n) is 1.83. The average Bonchev–Trinajstić information content (AvgIpc) is 1.77. The highest BCUT2D eigenvalue weighted by Gasteiger charge is 2.39. The normalized spacial score (nSPS) is 22.7. The Kier molecular flexibility index (Phi) is 2.19. The van der Waals surface area contributed by atoms with E-state index in [0.29, 0.717) is 19.5 Å². The highest BCUT2D eigenvalue weighted by Crippen LogP contribution is 2.21. The molecule has 1 rings (SSSR count). The van der Waals surface area contributed by atoms with Crippen LogP contribution < -0.4 is 10.5 Å². The van der Waals surface area contributed by atoms with Crippen molar-refractivity contribution in [2.75, 3.05) is 13.1 Å². The molecule has 1 heterocycles. The number of hydrogen-bond donors (Lipinski definition) is 2. The quantitative estimate of drug-likeness (QED) is 0.581. The molecule has 0 aliphatic carbocycles. The summed E-state index contributed by atoms with van der Waals surface area (Å²) in [7, 11) is -3.79. The van der Waals surface area contributed by atoms with Crippen molar-refractivity contribution < 1.29 is 12.6 Å². The van der Waals surface area contributed by atoms with Gasteiger partial charge in [-0.2, -0.15) is 8.42 Å². The van der Waals surface area contributed by atoms with Crippen LogP contribution in [-0.4, -0.2) is 27.1 Å². The van der Waals surface area contributed by atoms with Gasteiger partial charge in [0, 0.05) is 13.1 Å². The molecule has 1 aliphatic rings. The van der Waals surface area contributed by atoms with Gasteiger partial charge in [0.2, 0.25) is 0 Å². The zero-order valence-electron chi connectivity index (χ0n) is 6.33. The zero-order valence-corrected chi connectivity index (χ0v) is 7.15. The Morgan fingerprint density at radius 3 is 2.27 bits per heavy atom. The van der Waals surface area contributed by atoms with Gasteiger partial charge in [0.05, 0.1) is 0 Å². The molecule has 0 spiro atoms. The Hall–Kier alpha value is -0.170. The molecule has 0 aromatic rings. The first-order valence-electron chi connectivity index (χ1n) is 3.41. The summed E-state index contributed by atoms with van der Waals surface area (Å²) in [4.78, 5) is 0. The van der Waals surface area contributed by atoms with Crippen LogP contribution in [0.15, 0.2) is 0 Å². The zero-order chi connectivity index (χ0) is 8.54. The van der Waals surface area contributed by atoms with Crippen LogP contribution in [0.4, 0.5) is 0 Å². The van der Waals surface area contributed by atoms with Crippen molar-refractivity contribution in [2.45, 2.75) is 18.9 Å². The van der Waals surface area contributed by atoms with Gasteiger partial charge in [-0.05, 0) is 6.42 Å². The molecule has 0 bridgehead atoms. The van der Waals surface area contributed by atoms with E-state index in [4.69, 9.17) is 9.32 Å². The monoisotopic (exact) mass is 180 g/mol. The summed E-state index contributed by atoms with van der Waals surface area (Å²) < 4.78 is 25.8. The summed E-state index contributed by atoms with van der Waals surface area (Å²) in [5.41, 5.74) is -0.576. The van der Waals surface area contributed by atoms with Crippen molar-refractivity contribution in [1.82, 2.24) is 5.32 Å². The second-order valence-electron chi connectivity index (χ2n) is 2.72. The molecule has 66 valence electrons. The molecule has 1 saturated heterocycles. The lowest BCUT2D eigenvalue weighted by Crippen LogP contribution is -2.61. The third kappa shape index (κ3) is 2.13. The smallest absolute Gasteiger partial charge is 0.311 e. The van der Waals surface area contributed by atoms with E-state index in [2.05, 4.69) is 5.32 Å². The van der Waals surface area contributed by atoms with E-state index in [1.807, 2.05) is 6.92 Å². The van der Waals surface area contributed by atoms with Crippen molar-refractivity contribution in [3.05, 3.63) is 0 Å². The van der Waals surface area contributed by atoms with Crippen LogP contribution in [0.2, 0.25) is 0 Å². The molecule has 5 nitrogen and oxygen atoms in total. The van der Waals surface area contributed by atoms with Crippen molar-refractivity contribution in [3.8, 4) is 0 Å². The molecule has 3 N–H and O–H groups in total. The van der Waals surface area contributed by atoms with Gasteiger partial charge in [-0.1, -0.05) is 6.92 Å². The lowest BCUT2D eigenvalue weighted by molar-refractivity contribution is 0.0195. The molecule has 0 atom stereocenters. The highest BCUT2D eigenvalue weighted by molar-refractivity contribution is 7.84. The fourth-order valence-electron chi connectivity index (χ4n) is 1.02. The Morgan fingerprint density at radius 1 is 1.64 bits per heavy atom. The molecule has 0 aromatic heterocycles. The maximum absolute atomic E-state index is 10.5. The van der Waals surface area contributed by atoms with Gasteiger partial charge in [-0.15, -0.1) is 0 Å². The van der Waals surface area contributed by atoms with E-state index in [0.717, 1.165) is 0 Å². The van der Waals surface area contributed by atoms with Crippen LogP contribution >= 0.6 is 0 Å². The maximum atomic E-state index is 10.5. The Labute approximate surface area is 66.2 Å². The summed E-state index contributed by atoms with van der Waals surface area (Å²) in [5, 5.41) is 7.66. The number of hydrogen-bond acceptors (Lipinski definition) is 4. The minimum absolute atomic E-state index is 0.555. The summed E-state index contributed by atoms with van der Waals surface area (Å²) >= 11 is 0. The van der Waals surface area contributed by atoms with E-state index in [1.165, 1.54) is 0 Å². The first-order valence-corrected chi connectivity index (χ1v) is 4.89. The van der Waals surface area contributed by atoms with Crippen LogP contribution in [0.3, 0.4) is 0 Å². The van der Waals surface area contributed by atoms with Gasteiger partial charge in [-0.25, -0.2) is 9.32 Å². The van der Waals surface area contributed by atoms with Crippen molar-refractivity contribution >= 4 is 10.3 Å². The van der Waals surface area contributed by atoms with Gasteiger partial charge >= 0.3 is 10.3 Å². The Bertz CT molecular complexity index is 227. The SMILES string of the molecule is CCC1(OS(N)(=O)=O)CNC1. The highest BCUT2D eigenvalue weighted by atomic mass is 32.2. The second kappa shape index (κ2) is 2.71. The van der Waals surface area contributed by atoms with Crippen LogP contribution in [0, 0.1) is 0 Å². The maximum Gasteiger partial charge on any atom is 0.333 e. The fourth-order valence-corrected chi connectivity index (χ4v) is 1.75. The Balaban J connectivity index is 2.59. The predicted octanol–water partition coefficient (Wildman–Crippen LogP) is -1.04. The van der Waals surface area contributed by atoms with E-state index in [9.17, 15) is 8.42 Å². The van der Waals surface area contributed by atoms with Crippen molar-refractivity contribution in [3.63, 3.8) is 0 Å². The van der Waals surface area contributed by atoms with Gasteiger partial charge < -0.3 is 5.32 Å². The molecule has 0 unspecified atom stereocenters. The standard InChI is InChI=1S/C5H12N2O3S/c1-2-5(3-7-4-5)10-11(6,8)9/h7H,2-4H2,1H3,(H2,6,8,9). The van der Waals surface area contributed by atoms with Crippen molar-refractivity contribution in [1.29, 1.82) is 0 Å². The lowest BCUT2D eigenvalue weighted by Gasteiger charge is -2.39. The topological polar surface area (TPSA) is 81.4 Å². The van der Waals surface area contributed by atoms with Crippen LogP contribution in [-0.2, 0) is 14.5 Å². The molecule has 0 amide bonds. The Morgan fingerprint density at radius 2 is 2.18 bits per heavy atom. The van der Waals surface area contributed by atoms with Crippen LogP contribution in [0.1, 0.15) is 13.3 Å². The molecule has 0 saturated carbocycles. The molecule has 0 radical (unpaired) electrons. The van der Waals surface area contributed by atoms with E-state index < -0.39 is 15.9 Å². The van der Waals surface area contributed by atoms with E-state index >= 15 is 0 Å². The molecule has 0 aromatic carbocycles. The lowest BCUT2D eigenvalue weighted by atomic mass is 9.94. The van der Waals surface area contributed by atoms with Gasteiger partial charge in [0.15, 0.2) is 0 Å². The number of rotatable bonds is 3. The average molecular weight is 180 g/mol. The van der Waals surface area contributed by atoms with Gasteiger partial charge in [0.1, 0.15) is 5.60 Å². The summed E-state index contributed by atoms with van der Waals surface area (Å²) in [5.74, 6) is 0. The van der Waals surface area contributed by atoms with Crippen molar-refractivity contribution in [2.24, 2.45) is 5.14 Å². The first-order chi connectivity index (χ1) is 4.97. The molecule has 11 heavy (non-hydrogen) atoms. The largest absolute Gasteiger partial charge is 0.333 e. The van der Waals surface area contributed by atoms with E-state index in [1.54, 1.807) is 0 Å². The number of nitrogens with two attached hydrogens (primary N) is 1. The molecular weight excluding hydrogens is 168 g/mol. The minimum Gasteiger partial charge on any atom is -0.311 e. The molecule has 1 fully saturated rings. The predicted molar refractivity (Wildman–Crippen MR) is 40.1 cm³/mol. The molecule has 1 aliphatic heterocycles. The number of nitrogens with one attached hydrogen (secondary N) is 1. The first kappa shape index (κ1) is 8.92. The van der Waals surface area contributed by atoms with Crippen LogP contribution in [0.25, 0.3) is 0 Å². The van der Waals surface area contributed by atoms with Gasteiger partial charge in [0.25, 0.3) is 0 Å². The third-order valence-corrected chi connectivity index (χ3v) is 2.42. The van der Waals surface area contributed by atoms with E-state index in [-0.39, 0.29) is 0 Å². The summed E-state index contributed by atoms with van der Waals surface area (Å²) in [6, 6.07) is 0. The summed E-state index contributed by atoms with van der Waals surface area (Å²) in [6.07, 6.45) is 0.649. The second-order valence-corrected chi connectivity index (χ2v) is 3.87.